The van der Waals surface area contributed by atoms with E-state index < -0.39 is 0 Å². The van der Waals surface area contributed by atoms with Crippen LogP contribution in [0.2, 0.25) is 0 Å². The first-order chi connectivity index (χ1) is 9.15. The summed E-state index contributed by atoms with van der Waals surface area (Å²) in [7, 11) is 0. The number of nitrogens with two attached hydrogens (primary N) is 1. The Kier molecular flexibility index (Phi) is 4.97. The summed E-state index contributed by atoms with van der Waals surface area (Å²) in [6.45, 7) is 6.26. The molecule has 1 heterocycles. The Morgan fingerprint density at radius 3 is 2.42 bits per heavy atom. The van der Waals surface area contributed by atoms with Crippen molar-refractivity contribution in [1.82, 2.24) is 0 Å². The van der Waals surface area contributed by atoms with E-state index in [4.69, 9.17) is 15.2 Å². The van der Waals surface area contributed by atoms with Gasteiger partial charge in [-0.2, -0.15) is 0 Å². The van der Waals surface area contributed by atoms with Crippen molar-refractivity contribution in [2.75, 3.05) is 19.8 Å². The van der Waals surface area contributed by atoms with Crippen LogP contribution < -0.4 is 5.73 Å². The maximum absolute atomic E-state index is 6.48. The summed E-state index contributed by atoms with van der Waals surface area (Å²) in [5.41, 5.74) is 7.80. The Balaban J connectivity index is 2.19. The zero-order valence-corrected chi connectivity index (χ0v) is 12.0. The minimum absolute atomic E-state index is 0.00556. The van der Waals surface area contributed by atoms with Crippen LogP contribution in [0.4, 0.5) is 0 Å². The van der Waals surface area contributed by atoms with Gasteiger partial charge in [0.25, 0.3) is 0 Å². The average Bonchev–Trinajstić information content (AvgIpc) is 2.46. The predicted molar refractivity (Wildman–Crippen MR) is 77.2 cm³/mol. The van der Waals surface area contributed by atoms with Gasteiger partial charge in [0, 0.05) is 24.7 Å². The molecule has 0 aromatic heterocycles. The number of ether oxygens (including phenoxy) is 2. The van der Waals surface area contributed by atoms with E-state index >= 15 is 0 Å². The van der Waals surface area contributed by atoms with E-state index in [1.807, 2.05) is 19.9 Å². The second-order valence-corrected chi connectivity index (χ2v) is 5.62. The first-order valence-electron chi connectivity index (χ1n) is 7.15. The lowest BCUT2D eigenvalue weighted by Crippen LogP contribution is -2.51. The molecule has 0 spiro atoms. The first-order valence-corrected chi connectivity index (χ1v) is 7.15. The minimum Gasteiger partial charge on any atom is -0.381 e. The fourth-order valence-corrected chi connectivity index (χ4v) is 2.83. The molecule has 2 rings (SSSR count). The molecule has 1 unspecified atom stereocenters. The minimum atomic E-state index is -0.00556. The largest absolute Gasteiger partial charge is 0.381 e. The van der Waals surface area contributed by atoms with Gasteiger partial charge in [-0.05, 0) is 32.3 Å². The van der Waals surface area contributed by atoms with Gasteiger partial charge >= 0.3 is 0 Å². The van der Waals surface area contributed by atoms with Crippen LogP contribution in [0.1, 0.15) is 32.3 Å². The molecule has 0 radical (unpaired) electrons. The van der Waals surface area contributed by atoms with Gasteiger partial charge in [-0.15, -0.1) is 0 Å². The zero-order chi connectivity index (χ0) is 13.7. The van der Waals surface area contributed by atoms with Gasteiger partial charge in [-0.25, -0.2) is 0 Å². The predicted octanol–water partition coefficient (Wildman–Crippen LogP) is 2.49. The van der Waals surface area contributed by atoms with Gasteiger partial charge < -0.3 is 15.2 Å². The summed E-state index contributed by atoms with van der Waals surface area (Å²) in [6, 6.07) is 10.6. The zero-order valence-electron chi connectivity index (χ0n) is 12.0. The van der Waals surface area contributed by atoms with E-state index in [0.717, 1.165) is 26.1 Å². The molecule has 19 heavy (non-hydrogen) atoms. The van der Waals surface area contributed by atoms with Crippen molar-refractivity contribution in [2.45, 2.75) is 44.2 Å². The van der Waals surface area contributed by atoms with Gasteiger partial charge in [0.05, 0.1) is 12.7 Å². The van der Waals surface area contributed by atoms with Crippen molar-refractivity contribution in [3.05, 3.63) is 35.9 Å². The van der Waals surface area contributed by atoms with Crippen LogP contribution >= 0.6 is 0 Å². The van der Waals surface area contributed by atoms with Gasteiger partial charge in [0.15, 0.2) is 0 Å². The fraction of sp³-hybridized carbons (Fsp3) is 0.625. The lowest BCUT2D eigenvalue weighted by atomic mass is 9.69. The monoisotopic (exact) mass is 263 g/mol. The topological polar surface area (TPSA) is 44.5 Å². The first kappa shape index (κ1) is 14.5. The standard InChI is InChI=1S/C16H25NO2/c1-13(2)19-12-15(17)16(8-10-18-11-9-16)14-6-4-3-5-7-14/h3-7,13,15H,8-12,17H2,1-2H3. The van der Waals surface area contributed by atoms with Crippen LogP contribution in [0.15, 0.2) is 30.3 Å². The molecule has 1 aromatic carbocycles. The molecule has 1 atom stereocenters. The molecule has 1 saturated heterocycles. The highest BCUT2D eigenvalue weighted by atomic mass is 16.5. The molecule has 1 aromatic rings. The van der Waals surface area contributed by atoms with Crippen molar-refractivity contribution in [3.8, 4) is 0 Å². The van der Waals surface area contributed by atoms with Crippen molar-refractivity contribution in [1.29, 1.82) is 0 Å². The second kappa shape index (κ2) is 6.51. The van der Waals surface area contributed by atoms with Crippen molar-refractivity contribution >= 4 is 0 Å². The maximum Gasteiger partial charge on any atom is 0.0629 e. The molecule has 3 nitrogen and oxygen atoms in total. The highest BCUT2D eigenvalue weighted by Gasteiger charge is 2.40. The van der Waals surface area contributed by atoms with Crippen LogP contribution in [0.25, 0.3) is 0 Å². The average molecular weight is 263 g/mol. The Morgan fingerprint density at radius 2 is 1.84 bits per heavy atom. The molecule has 106 valence electrons. The molecule has 3 heteroatoms. The quantitative estimate of drug-likeness (QED) is 0.887. The third-order valence-corrected chi connectivity index (χ3v) is 4.05. The summed E-state index contributed by atoms with van der Waals surface area (Å²) in [4.78, 5) is 0. The lowest BCUT2D eigenvalue weighted by Gasteiger charge is -2.42. The van der Waals surface area contributed by atoms with E-state index in [-0.39, 0.29) is 17.6 Å². The summed E-state index contributed by atoms with van der Waals surface area (Å²) in [6.07, 6.45) is 2.16. The molecule has 1 aliphatic heterocycles. The summed E-state index contributed by atoms with van der Waals surface area (Å²) < 4.78 is 11.3. The summed E-state index contributed by atoms with van der Waals surface area (Å²) >= 11 is 0. The molecular weight excluding hydrogens is 238 g/mol. The molecule has 1 fully saturated rings. The number of hydrogen-bond donors (Lipinski definition) is 1. The Morgan fingerprint density at radius 1 is 1.21 bits per heavy atom. The van der Waals surface area contributed by atoms with Crippen molar-refractivity contribution in [3.63, 3.8) is 0 Å². The summed E-state index contributed by atoms with van der Waals surface area (Å²) in [5.74, 6) is 0. The lowest BCUT2D eigenvalue weighted by molar-refractivity contribution is 0.00581. The maximum atomic E-state index is 6.48. The third kappa shape index (κ3) is 3.35. The highest BCUT2D eigenvalue weighted by molar-refractivity contribution is 5.28. The molecule has 0 saturated carbocycles. The van der Waals surface area contributed by atoms with E-state index in [1.165, 1.54) is 5.56 Å². The molecule has 2 N–H and O–H groups in total. The number of rotatable bonds is 5. The van der Waals surface area contributed by atoms with Gasteiger partial charge in [0.2, 0.25) is 0 Å². The van der Waals surface area contributed by atoms with Gasteiger partial charge in [-0.1, -0.05) is 30.3 Å². The smallest absolute Gasteiger partial charge is 0.0629 e. The highest BCUT2D eigenvalue weighted by Crippen LogP contribution is 2.37. The SMILES string of the molecule is CC(C)OCC(N)C1(c2ccccc2)CCOCC1. The number of benzene rings is 1. The van der Waals surface area contributed by atoms with Crippen LogP contribution in [-0.4, -0.2) is 32.0 Å². The third-order valence-electron chi connectivity index (χ3n) is 4.05. The molecule has 0 amide bonds. The van der Waals surface area contributed by atoms with Crippen LogP contribution in [0.3, 0.4) is 0 Å². The van der Waals surface area contributed by atoms with Crippen LogP contribution in [0, 0.1) is 0 Å². The van der Waals surface area contributed by atoms with Gasteiger partial charge in [0.1, 0.15) is 0 Å². The second-order valence-electron chi connectivity index (χ2n) is 5.62. The fourth-order valence-electron chi connectivity index (χ4n) is 2.83. The summed E-state index contributed by atoms with van der Waals surface area (Å²) in [5, 5.41) is 0. The van der Waals surface area contributed by atoms with E-state index in [0.29, 0.717) is 6.61 Å². The van der Waals surface area contributed by atoms with E-state index in [2.05, 4.69) is 24.3 Å². The van der Waals surface area contributed by atoms with Crippen molar-refractivity contribution < 1.29 is 9.47 Å². The molecular formula is C16H25NO2. The van der Waals surface area contributed by atoms with Gasteiger partial charge in [-0.3, -0.25) is 0 Å². The van der Waals surface area contributed by atoms with E-state index in [9.17, 15) is 0 Å². The normalized spacial score (nSPS) is 20.4. The molecule has 1 aliphatic rings. The molecule has 0 aliphatic carbocycles. The van der Waals surface area contributed by atoms with E-state index in [1.54, 1.807) is 0 Å². The Labute approximate surface area is 116 Å². The Bertz CT molecular complexity index is 372. The molecule has 0 bridgehead atoms. The number of hydrogen-bond acceptors (Lipinski definition) is 3. The van der Waals surface area contributed by atoms with Crippen LogP contribution in [-0.2, 0) is 14.9 Å². The van der Waals surface area contributed by atoms with Crippen molar-refractivity contribution in [2.24, 2.45) is 5.73 Å². The van der Waals surface area contributed by atoms with Crippen LogP contribution in [0.5, 0.6) is 0 Å². The Hall–Kier alpha value is -0.900.